The minimum Gasteiger partial charge on any atom is -0.481 e. The summed E-state index contributed by atoms with van der Waals surface area (Å²) >= 11 is 0. The van der Waals surface area contributed by atoms with Crippen LogP contribution in [0.15, 0.2) is 52.9 Å². The number of carbonyl (C=O) groups is 2. The van der Waals surface area contributed by atoms with Crippen molar-refractivity contribution in [3.8, 4) is 0 Å². The summed E-state index contributed by atoms with van der Waals surface area (Å²) in [6, 6.07) is 6.62. The summed E-state index contributed by atoms with van der Waals surface area (Å²) < 4.78 is 4.93. The first kappa shape index (κ1) is 15.7. The van der Waals surface area contributed by atoms with E-state index in [1.165, 1.54) is 7.11 Å². The van der Waals surface area contributed by atoms with Gasteiger partial charge in [0.15, 0.2) is 0 Å². The number of fused-ring (bicyclic) bond motifs is 1. The second-order valence-corrected chi connectivity index (χ2v) is 4.60. The number of ether oxygens (including phenoxy) is 1. The van der Waals surface area contributed by atoms with Gasteiger partial charge in [-0.15, -0.1) is 5.06 Å². The molecule has 22 heavy (non-hydrogen) atoms. The first-order valence-corrected chi connectivity index (χ1v) is 6.57. The van der Waals surface area contributed by atoms with E-state index >= 15 is 0 Å². The van der Waals surface area contributed by atoms with Crippen molar-refractivity contribution in [1.82, 2.24) is 5.06 Å². The number of benzene rings is 1. The van der Waals surface area contributed by atoms with Gasteiger partial charge in [0.2, 0.25) is 5.88 Å². The Labute approximate surface area is 128 Å². The number of rotatable bonds is 6. The molecule has 0 radical (unpaired) electrons. The molecule has 1 heterocycles. The lowest BCUT2D eigenvalue weighted by atomic mass is 10.1. The fraction of sp³-hybridized carbons (Fsp3) is 0.188. The van der Waals surface area contributed by atoms with E-state index < -0.39 is 11.8 Å². The monoisotopic (exact) mass is 300 g/mol. The summed E-state index contributed by atoms with van der Waals surface area (Å²) in [5.41, 5.74) is 1.49. The molecule has 0 atom stereocenters. The zero-order valence-electron chi connectivity index (χ0n) is 12.4. The molecule has 0 bridgehead atoms. The van der Waals surface area contributed by atoms with Crippen LogP contribution in [0.4, 0.5) is 0 Å². The van der Waals surface area contributed by atoms with E-state index in [0.29, 0.717) is 17.0 Å². The average molecular weight is 300 g/mol. The first-order valence-electron chi connectivity index (χ1n) is 6.57. The van der Waals surface area contributed by atoms with E-state index in [1.54, 1.807) is 43.3 Å². The van der Waals surface area contributed by atoms with E-state index in [9.17, 15) is 9.59 Å². The maximum Gasteiger partial charge on any atom is 0.285 e. The largest absolute Gasteiger partial charge is 0.481 e. The second kappa shape index (κ2) is 6.82. The molecular formula is C16H16N2O4. The van der Waals surface area contributed by atoms with Crippen LogP contribution < -0.4 is 0 Å². The predicted octanol–water partition coefficient (Wildman–Crippen LogP) is 2.35. The lowest BCUT2D eigenvalue weighted by molar-refractivity contribution is -0.0824. The number of carbonyl (C=O) groups excluding carboxylic acids is 2. The van der Waals surface area contributed by atoms with Crippen molar-refractivity contribution in [2.75, 3.05) is 13.7 Å². The quantitative estimate of drug-likeness (QED) is 0.350. The lowest BCUT2D eigenvalue weighted by Gasteiger charge is -2.13. The van der Waals surface area contributed by atoms with E-state index in [0.717, 1.165) is 10.6 Å². The highest BCUT2D eigenvalue weighted by Gasteiger charge is 2.36. The average Bonchev–Trinajstić information content (AvgIpc) is 2.78. The lowest BCUT2D eigenvalue weighted by Crippen LogP contribution is -2.30. The maximum absolute atomic E-state index is 12.1. The third-order valence-corrected chi connectivity index (χ3v) is 3.05. The number of hydrogen-bond donors (Lipinski definition) is 0. The van der Waals surface area contributed by atoms with Gasteiger partial charge in [-0.05, 0) is 31.3 Å². The number of allylic oxidation sites excluding steroid dienone is 2. The summed E-state index contributed by atoms with van der Waals surface area (Å²) in [5, 5.41) is 0.786. The van der Waals surface area contributed by atoms with Crippen LogP contribution in [0.3, 0.4) is 0 Å². The van der Waals surface area contributed by atoms with Crippen LogP contribution in [0.25, 0.3) is 0 Å². The zero-order chi connectivity index (χ0) is 16.1. The molecular weight excluding hydrogens is 284 g/mol. The van der Waals surface area contributed by atoms with Gasteiger partial charge >= 0.3 is 0 Å². The van der Waals surface area contributed by atoms with Gasteiger partial charge in [-0.2, -0.15) is 0 Å². The molecule has 0 spiro atoms. The highest BCUT2D eigenvalue weighted by Crippen LogP contribution is 2.22. The number of aliphatic imine (C=N–C) groups is 1. The number of imide groups is 1. The summed E-state index contributed by atoms with van der Waals surface area (Å²) in [5.74, 6) is -0.538. The number of hydrogen-bond acceptors (Lipinski definition) is 5. The molecule has 6 heteroatoms. The van der Waals surface area contributed by atoms with Crippen molar-refractivity contribution in [3.05, 3.63) is 59.0 Å². The molecule has 0 saturated carbocycles. The molecule has 0 aromatic heterocycles. The first-order chi connectivity index (χ1) is 10.6. The zero-order valence-corrected chi connectivity index (χ0v) is 12.4. The molecule has 1 aliphatic rings. The summed E-state index contributed by atoms with van der Waals surface area (Å²) in [7, 11) is 1.49. The molecule has 0 aliphatic carbocycles. The summed E-state index contributed by atoms with van der Waals surface area (Å²) in [6.07, 6.45) is 3.33. The second-order valence-electron chi connectivity index (χ2n) is 4.60. The van der Waals surface area contributed by atoms with Crippen molar-refractivity contribution in [1.29, 1.82) is 0 Å². The van der Waals surface area contributed by atoms with Crippen molar-refractivity contribution in [3.63, 3.8) is 0 Å². The summed E-state index contributed by atoms with van der Waals surface area (Å²) in [6.45, 7) is 5.25. The van der Waals surface area contributed by atoms with Crippen molar-refractivity contribution >= 4 is 18.5 Å². The number of hydroxylamine groups is 2. The Bertz CT molecular complexity index is 641. The van der Waals surface area contributed by atoms with Gasteiger partial charge in [0, 0.05) is 6.08 Å². The Hall–Kier alpha value is -2.73. The van der Waals surface area contributed by atoms with Crippen LogP contribution in [0.2, 0.25) is 0 Å². The SMILES string of the molecule is C=N/C(=C\C=C(/C)CON1C(=O)c2ccccc2C1=O)OC. The molecule has 1 aromatic rings. The fourth-order valence-corrected chi connectivity index (χ4v) is 1.90. The standard InChI is InChI=1S/C16H16N2O4/c1-11(8-9-14(17-2)21-3)10-22-18-15(19)12-6-4-5-7-13(12)16(18)20/h4-9H,2,10H2,1,3H3/b11-8+,14-9+. The molecule has 1 aromatic carbocycles. The number of amides is 2. The van der Waals surface area contributed by atoms with Crippen molar-refractivity contribution in [2.45, 2.75) is 6.92 Å². The van der Waals surface area contributed by atoms with Crippen LogP contribution in [-0.4, -0.2) is 37.3 Å². The molecule has 0 N–H and O–H groups in total. The Morgan fingerprint density at radius 2 is 1.82 bits per heavy atom. The smallest absolute Gasteiger partial charge is 0.285 e. The highest BCUT2D eigenvalue weighted by atomic mass is 16.7. The van der Waals surface area contributed by atoms with E-state index in [4.69, 9.17) is 9.57 Å². The van der Waals surface area contributed by atoms with Crippen LogP contribution in [-0.2, 0) is 9.57 Å². The molecule has 2 rings (SSSR count). The maximum atomic E-state index is 12.1. The highest BCUT2D eigenvalue weighted by molar-refractivity contribution is 6.20. The van der Waals surface area contributed by atoms with Gasteiger partial charge in [-0.1, -0.05) is 18.2 Å². The van der Waals surface area contributed by atoms with E-state index in [2.05, 4.69) is 11.7 Å². The van der Waals surface area contributed by atoms with Crippen LogP contribution in [0.1, 0.15) is 27.6 Å². The fourth-order valence-electron chi connectivity index (χ4n) is 1.90. The van der Waals surface area contributed by atoms with Gasteiger partial charge in [0.05, 0.1) is 24.8 Å². The minimum atomic E-state index is -0.450. The van der Waals surface area contributed by atoms with Crippen molar-refractivity contribution < 1.29 is 19.2 Å². The normalized spacial score (nSPS) is 15.1. The van der Waals surface area contributed by atoms with E-state index in [-0.39, 0.29) is 6.61 Å². The Morgan fingerprint density at radius 3 is 2.32 bits per heavy atom. The molecule has 0 saturated heterocycles. The number of methoxy groups -OCH3 is 1. The third kappa shape index (κ3) is 3.12. The minimum absolute atomic E-state index is 0.0934. The van der Waals surface area contributed by atoms with Gasteiger partial charge in [0.1, 0.15) is 0 Å². The molecule has 114 valence electrons. The number of nitrogens with zero attached hydrogens (tertiary/aromatic N) is 2. The Kier molecular flexibility index (Phi) is 4.85. The van der Waals surface area contributed by atoms with Crippen molar-refractivity contribution in [2.24, 2.45) is 4.99 Å². The molecule has 1 aliphatic heterocycles. The van der Waals surface area contributed by atoms with Gasteiger partial charge < -0.3 is 4.74 Å². The molecule has 6 nitrogen and oxygen atoms in total. The van der Waals surface area contributed by atoms with E-state index in [1.807, 2.05) is 0 Å². The van der Waals surface area contributed by atoms with Crippen LogP contribution in [0, 0.1) is 0 Å². The molecule has 2 amide bonds. The van der Waals surface area contributed by atoms with Crippen LogP contribution >= 0.6 is 0 Å². The Morgan fingerprint density at radius 1 is 1.23 bits per heavy atom. The van der Waals surface area contributed by atoms with Gasteiger partial charge in [0.25, 0.3) is 11.8 Å². The topological polar surface area (TPSA) is 68.2 Å². The third-order valence-electron chi connectivity index (χ3n) is 3.05. The van der Waals surface area contributed by atoms with Gasteiger partial charge in [-0.3, -0.25) is 14.4 Å². The predicted molar refractivity (Wildman–Crippen MR) is 81.3 cm³/mol. The summed E-state index contributed by atoms with van der Waals surface area (Å²) in [4.78, 5) is 33.1. The molecule has 0 unspecified atom stereocenters. The van der Waals surface area contributed by atoms with Gasteiger partial charge in [-0.25, -0.2) is 4.99 Å². The Balaban J connectivity index is 2.03. The van der Waals surface area contributed by atoms with Crippen LogP contribution in [0.5, 0.6) is 0 Å². The molecule has 0 fully saturated rings.